The monoisotopic (exact) mass is 914 g/mol. The Bertz CT molecular complexity index is 3750. The van der Waals surface area contributed by atoms with Crippen LogP contribution in [0.25, 0.3) is 44.5 Å². The average Bonchev–Trinajstić information content (AvgIpc) is 4.00. The first-order valence-electron chi connectivity index (χ1n) is 24.8. The van der Waals surface area contributed by atoms with Crippen molar-refractivity contribution in [3.8, 4) is 44.5 Å². The van der Waals surface area contributed by atoms with Crippen molar-refractivity contribution >= 4 is 67.9 Å². The Kier molecular flexibility index (Phi) is 8.81. The van der Waals surface area contributed by atoms with Gasteiger partial charge in [0.2, 0.25) is 0 Å². The fourth-order valence-electron chi connectivity index (χ4n) is 12.7. The number of rotatable bonds is 4. The molecule has 0 N–H and O–H groups in total. The Labute approximate surface area is 416 Å². The zero-order valence-corrected chi connectivity index (χ0v) is 41.2. The van der Waals surface area contributed by atoms with E-state index in [-0.39, 0.29) is 12.1 Å². The molecule has 2 nitrogen and oxygen atoms in total. The summed E-state index contributed by atoms with van der Waals surface area (Å²) in [6, 6.07) is 76.4. The molecule has 0 saturated heterocycles. The first kappa shape index (κ1) is 41.3. The van der Waals surface area contributed by atoms with Gasteiger partial charge in [0.25, 0.3) is 6.71 Å². The van der Waals surface area contributed by atoms with Gasteiger partial charge in [0.15, 0.2) is 0 Å². The van der Waals surface area contributed by atoms with Gasteiger partial charge in [-0.05, 0) is 146 Å². The first-order valence-corrected chi connectivity index (χ1v) is 25.6. The summed E-state index contributed by atoms with van der Waals surface area (Å²) in [5, 5.41) is 0. The van der Waals surface area contributed by atoms with E-state index in [1.54, 1.807) is 0 Å². The Balaban J connectivity index is 1.11. The summed E-state index contributed by atoms with van der Waals surface area (Å²) in [5.74, 6) is 0. The lowest BCUT2D eigenvalue weighted by Crippen LogP contribution is -2.60. The average molecular weight is 915 g/mol. The normalized spacial score (nSPS) is 14.2. The molecule has 1 spiro atoms. The minimum Gasteiger partial charge on any atom is -0.311 e. The van der Waals surface area contributed by atoms with Crippen molar-refractivity contribution in [2.24, 2.45) is 0 Å². The lowest BCUT2D eigenvalue weighted by atomic mass is 9.36. The van der Waals surface area contributed by atoms with E-state index in [4.69, 9.17) is 0 Å². The van der Waals surface area contributed by atoms with E-state index in [9.17, 15) is 0 Å². The Hall–Kier alpha value is -7.66. The number of nitrogens with zero attached hydrogens (tertiary/aromatic N) is 2. The highest BCUT2D eigenvalue weighted by Gasteiger charge is 2.57. The van der Waals surface area contributed by atoms with Gasteiger partial charge in [0.05, 0.1) is 11.1 Å². The largest absolute Gasteiger partial charge is 0.311 e. The molecule has 0 fully saturated rings. The molecule has 4 aliphatic rings. The van der Waals surface area contributed by atoms with Crippen molar-refractivity contribution in [1.29, 1.82) is 0 Å². The van der Waals surface area contributed by atoms with Crippen LogP contribution >= 0.6 is 11.3 Å². The second-order valence-corrected chi connectivity index (χ2v) is 22.1. The van der Waals surface area contributed by atoms with Crippen LogP contribution < -0.4 is 25.5 Å². The summed E-state index contributed by atoms with van der Waals surface area (Å²) < 4.78 is 1.40. The molecule has 2 aliphatic heterocycles. The summed E-state index contributed by atoms with van der Waals surface area (Å²) >= 11 is 2.06. The van der Waals surface area contributed by atoms with Gasteiger partial charge in [-0.25, -0.2) is 0 Å². The predicted octanol–water partition coefficient (Wildman–Crippen LogP) is 15.7. The molecule has 4 heteroatoms. The van der Waals surface area contributed by atoms with E-state index in [0.29, 0.717) is 0 Å². The third-order valence-electron chi connectivity index (χ3n) is 15.8. The lowest BCUT2D eigenvalue weighted by molar-refractivity contribution is 0.590. The van der Waals surface area contributed by atoms with E-state index in [2.05, 4.69) is 263 Å². The zero-order valence-electron chi connectivity index (χ0n) is 40.4. The van der Waals surface area contributed by atoms with E-state index in [1.807, 2.05) is 0 Å². The van der Waals surface area contributed by atoms with Gasteiger partial charge in [0.1, 0.15) is 0 Å². The molecule has 14 rings (SSSR count). The van der Waals surface area contributed by atoms with Gasteiger partial charge in [-0.1, -0.05) is 190 Å². The maximum Gasteiger partial charge on any atom is 0.264 e. The number of hydrogen-bond donors (Lipinski definition) is 0. The van der Waals surface area contributed by atoms with Crippen molar-refractivity contribution < 1.29 is 0 Å². The second-order valence-electron chi connectivity index (χ2n) is 21.0. The fraction of sp³-hybridized carbons (Fsp3) is 0.121. The summed E-state index contributed by atoms with van der Waals surface area (Å²) in [5.41, 5.74) is 29.1. The van der Waals surface area contributed by atoms with Gasteiger partial charge in [-0.2, -0.15) is 0 Å². The number of hydrogen-bond acceptors (Lipinski definition) is 3. The van der Waals surface area contributed by atoms with Crippen molar-refractivity contribution in [3.05, 3.63) is 244 Å². The van der Waals surface area contributed by atoms with E-state index >= 15 is 0 Å². The SMILES string of the molecule is Cc1ccc(N2c3cc(-c4ccccc4-c4ccccc4)ccc3B3c4sc5c(c4N(c4ccc(C(C)(C)C)cc4)c4cc(C)cc2c43)-c2ccc(C)cc2C52c3ccccc3-c3ccccc32)cc1. The quantitative estimate of drug-likeness (QED) is 0.162. The van der Waals surface area contributed by atoms with Crippen LogP contribution in [0.2, 0.25) is 0 Å². The molecule has 10 aromatic rings. The first-order chi connectivity index (χ1) is 34.1. The number of anilines is 6. The highest BCUT2D eigenvalue weighted by molar-refractivity contribution is 7.30. The molecule has 0 atom stereocenters. The number of benzene rings is 9. The van der Waals surface area contributed by atoms with Gasteiger partial charge < -0.3 is 9.80 Å². The Morgan fingerprint density at radius 1 is 0.443 bits per heavy atom. The van der Waals surface area contributed by atoms with Crippen LogP contribution in [0.1, 0.15) is 64.6 Å². The molecule has 0 bridgehead atoms. The van der Waals surface area contributed by atoms with Gasteiger partial charge >= 0.3 is 0 Å². The van der Waals surface area contributed by atoms with E-state index in [1.165, 1.54) is 132 Å². The van der Waals surface area contributed by atoms with Crippen LogP contribution in [0.3, 0.4) is 0 Å². The lowest BCUT2D eigenvalue weighted by Gasteiger charge is -2.44. The van der Waals surface area contributed by atoms with Gasteiger partial charge in [-0.15, -0.1) is 11.3 Å². The molecular formula is C66H51BN2S. The van der Waals surface area contributed by atoms with Crippen LogP contribution in [-0.4, -0.2) is 6.71 Å². The topological polar surface area (TPSA) is 6.48 Å². The molecular weight excluding hydrogens is 864 g/mol. The van der Waals surface area contributed by atoms with Crippen LogP contribution in [-0.2, 0) is 10.8 Å². The summed E-state index contributed by atoms with van der Waals surface area (Å²) in [7, 11) is 0. The van der Waals surface area contributed by atoms with Crippen molar-refractivity contribution in [2.45, 2.75) is 52.4 Å². The second kappa shape index (κ2) is 14.9. The maximum absolute atomic E-state index is 2.66. The number of aryl methyl sites for hydroxylation is 3. The highest BCUT2D eigenvalue weighted by Crippen LogP contribution is 2.67. The van der Waals surface area contributed by atoms with Crippen LogP contribution in [0, 0.1) is 20.8 Å². The Morgan fingerprint density at radius 3 is 1.69 bits per heavy atom. The molecule has 9 aromatic carbocycles. The van der Waals surface area contributed by atoms with Crippen LogP contribution in [0.15, 0.2) is 200 Å². The molecule has 3 heterocycles. The Morgan fingerprint density at radius 2 is 1.01 bits per heavy atom. The third-order valence-corrected chi connectivity index (χ3v) is 17.1. The summed E-state index contributed by atoms with van der Waals surface area (Å²) in [6.07, 6.45) is 0. The molecule has 0 saturated carbocycles. The zero-order chi connectivity index (χ0) is 47.2. The molecule has 0 amide bonds. The molecule has 1 aromatic heterocycles. The smallest absolute Gasteiger partial charge is 0.264 e. The molecule has 0 radical (unpaired) electrons. The maximum atomic E-state index is 2.66. The molecule has 70 heavy (non-hydrogen) atoms. The van der Waals surface area contributed by atoms with Crippen LogP contribution in [0.4, 0.5) is 34.1 Å². The number of fused-ring (bicyclic) bond motifs is 15. The molecule has 334 valence electrons. The molecule has 0 unspecified atom stereocenters. The third kappa shape index (κ3) is 5.69. The summed E-state index contributed by atoms with van der Waals surface area (Å²) in [4.78, 5) is 6.66. The van der Waals surface area contributed by atoms with Crippen molar-refractivity contribution in [3.63, 3.8) is 0 Å². The minimum absolute atomic E-state index is 0.0192. The predicted molar refractivity (Wildman–Crippen MR) is 298 cm³/mol. The van der Waals surface area contributed by atoms with Crippen LogP contribution in [0.5, 0.6) is 0 Å². The van der Waals surface area contributed by atoms with Gasteiger partial charge in [-0.3, -0.25) is 0 Å². The van der Waals surface area contributed by atoms with Crippen molar-refractivity contribution in [2.75, 3.05) is 9.80 Å². The highest BCUT2D eigenvalue weighted by atomic mass is 32.1. The van der Waals surface area contributed by atoms with E-state index in [0.717, 1.165) is 5.69 Å². The van der Waals surface area contributed by atoms with E-state index < -0.39 is 5.41 Å². The number of thiophene rings is 1. The molecule has 2 aliphatic carbocycles. The van der Waals surface area contributed by atoms with Gasteiger partial charge in [0, 0.05) is 43.7 Å². The van der Waals surface area contributed by atoms with Crippen molar-refractivity contribution in [1.82, 2.24) is 0 Å². The standard InChI is InChI=1S/C66H51BN2S/c1-40-24-30-46(31-25-40)68-57-39-44(49-19-11-10-18-48(49)43-16-8-7-9-17-43)27-35-56(57)67-61-58(68)37-42(3)38-59(61)69(47-32-28-45(29-33-47)65(4,5)6)62-60-52-34-26-41(2)36-55(52)66(63(60)70-64(62)67)53-22-14-12-20-50(53)51-21-13-15-23-54(51)66/h7-39H,1-6H3. The minimum atomic E-state index is -0.463. The summed E-state index contributed by atoms with van der Waals surface area (Å²) in [6.45, 7) is 13.7. The fourth-order valence-corrected chi connectivity index (χ4v) is 14.3.